The number of aryl methyl sites for hydroxylation is 1. The number of carbonyl (C=O) groups is 1. The fourth-order valence-corrected chi connectivity index (χ4v) is 2.98. The SMILES string of the molecule is C=CCON=CCOC(=O)c1cc(-c2nn(C)c(OC(F)F)c2Cl)c(Cl)cc1Cl. The van der Waals surface area contributed by atoms with Gasteiger partial charge in [-0.3, -0.25) is 0 Å². The standard InChI is InChI=1S/C17H14Cl3F2N3O4/c1-3-5-28-23-4-6-27-16(26)10-7-9(11(18)8-12(10)19)14-13(20)15(25(2)24-14)29-17(21)22/h3-4,7-8,17H,1,5-6H2,2H3. The Morgan fingerprint density at radius 3 is 2.69 bits per heavy atom. The highest BCUT2D eigenvalue weighted by Crippen LogP contribution is 2.40. The molecule has 29 heavy (non-hydrogen) atoms. The summed E-state index contributed by atoms with van der Waals surface area (Å²) in [5, 5.41) is 7.47. The first kappa shape index (κ1) is 22.9. The van der Waals surface area contributed by atoms with Crippen molar-refractivity contribution in [2.24, 2.45) is 12.2 Å². The summed E-state index contributed by atoms with van der Waals surface area (Å²) in [6, 6.07) is 2.58. The average Bonchev–Trinajstić information content (AvgIpc) is 2.92. The number of ether oxygens (including phenoxy) is 2. The number of nitrogens with zero attached hydrogens (tertiary/aromatic N) is 3. The molecule has 0 N–H and O–H groups in total. The molecule has 7 nitrogen and oxygen atoms in total. The molecule has 0 fully saturated rings. The lowest BCUT2D eigenvalue weighted by atomic mass is 10.1. The number of aromatic nitrogens is 2. The van der Waals surface area contributed by atoms with E-state index in [0.29, 0.717) is 0 Å². The van der Waals surface area contributed by atoms with Crippen molar-refractivity contribution in [3.63, 3.8) is 0 Å². The first-order chi connectivity index (χ1) is 13.8. The second-order valence-electron chi connectivity index (χ2n) is 5.25. The van der Waals surface area contributed by atoms with Gasteiger partial charge < -0.3 is 14.3 Å². The van der Waals surface area contributed by atoms with Crippen molar-refractivity contribution >= 4 is 47.0 Å². The van der Waals surface area contributed by atoms with Gasteiger partial charge >= 0.3 is 12.6 Å². The molecule has 0 radical (unpaired) electrons. The van der Waals surface area contributed by atoms with Gasteiger partial charge in [-0.15, -0.1) is 0 Å². The Bertz CT molecular complexity index is 935. The predicted molar refractivity (Wildman–Crippen MR) is 105 cm³/mol. The van der Waals surface area contributed by atoms with Crippen LogP contribution in [0.15, 0.2) is 29.9 Å². The summed E-state index contributed by atoms with van der Waals surface area (Å²) >= 11 is 18.4. The minimum Gasteiger partial charge on any atom is -0.456 e. The summed E-state index contributed by atoms with van der Waals surface area (Å²) in [6.45, 7) is 0.382. The molecule has 0 saturated heterocycles. The fraction of sp³-hybridized carbons (Fsp3) is 0.235. The van der Waals surface area contributed by atoms with Crippen molar-refractivity contribution in [2.45, 2.75) is 6.61 Å². The number of rotatable bonds is 9. The number of halogens is 5. The molecule has 1 aromatic heterocycles. The maximum absolute atomic E-state index is 12.6. The predicted octanol–water partition coefficient (Wildman–Crippen LogP) is 4.99. The highest BCUT2D eigenvalue weighted by Gasteiger charge is 2.24. The normalized spacial score (nSPS) is 11.1. The number of benzene rings is 1. The van der Waals surface area contributed by atoms with E-state index in [0.717, 1.165) is 4.68 Å². The molecule has 2 rings (SSSR count). The molecule has 0 atom stereocenters. The Labute approximate surface area is 179 Å². The zero-order valence-corrected chi connectivity index (χ0v) is 17.1. The first-order valence-electron chi connectivity index (χ1n) is 7.84. The van der Waals surface area contributed by atoms with Crippen molar-refractivity contribution in [1.82, 2.24) is 9.78 Å². The summed E-state index contributed by atoms with van der Waals surface area (Å²) in [6.07, 6.45) is 2.73. The zero-order chi connectivity index (χ0) is 21.6. The Morgan fingerprint density at radius 2 is 2.03 bits per heavy atom. The summed E-state index contributed by atoms with van der Waals surface area (Å²) in [5.41, 5.74) is 0.167. The summed E-state index contributed by atoms with van der Waals surface area (Å²) in [4.78, 5) is 17.1. The van der Waals surface area contributed by atoms with Crippen LogP contribution >= 0.6 is 34.8 Å². The van der Waals surface area contributed by atoms with Gasteiger partial charge in [0, 0.05) is 12.6 Å². The number of esters is 1. The van der Waals surface area contributed by atoms with E-state index >= 15 is 0 Å². The van der Waals surface area contributed by atoms with Gasteiger partial charge in [0.1, 0.15) is 23.9 Å². The number of carbonyl (C=O) groups excluding carboxylic acids is 1. The molecule has 0 spiro atoms. The molecule has 12 heteroatoms. The van der Waals surface area contributed by atoms with E-state index in [9.17, 15) is 13.6 Å². The molecule has 156 valence electrons. The Morgan fingerprint density at radius 1 is 1.31 bits per heavy atom. The summed E-state index contributed by atoms with van der Waals surface area (Å²) < 4.78 is 35.5. The Kier molecular flexibility index (Phi) is 8.24. The lowest BCUT2D eigenvalue weighted by molar-refractivity contribution is -0.0552. The molecule has 0 bridgehead atoms. The van der Waals surface area contributed by atoms with Crippen LogP contribution in [0.3, 0.4) is 0 Å². The topological polar surface area (TPSA) is 74.9 Å². The van der Waals surface area contributed by atoms with Gasteiger partial charge in [0.05, 0.1) is 21.8 Å². The quantitative estimate of drug-likeness (QED) is 0.170. The van der Waals surface area contributed by atoms with Crippen LogP contribution in [0.2, 0.25) is 15.1 Å². The molecule has 0 aliphatic heterocycles. The Hall–Kier alpha value is -2.36. The zero-order valence-electron chi connectivity index (χ0n) is 14.9. The molecule has 0 aliphatic rings. The lowest BCUT2D eigenvalue weighted by Crippen LogP contribution is -2.08. The number of hydrogen-bond acceptors (Lipinski definition) is 6. The number of oxime groups is 1. The first-order valence-corrected chi connectivity index (χ1v) is 8.98. The van der Waals surface area contributed by atoms with E-state index in [1.165, 1.54) is 31.5 Å². The van der Waals surface area contributed by atoms with Crippen LogP contribution < -0.4 is 4.74 Å². The fourth-order valence-electron chi connectivity index (χ4n) is 2.12. The molecule has 0 amide bonds. The molecule has 1 heterocycles. The van der Waals surface area contributed by atoms with Crippen LogP contribution in [0.25, 0.3) is 11.3 Å². The van der Waals surface area contributed by atoms with Crippen molar-refractivity contribution in [3.05, 3.63) is 45.4 Å². The van der Waals surface area contributed by atoms with E-state index in [4.69, 9.17) is 44.4 Å². The molecule has 0 aliphatic carbocycles. The Balaban J connectivity index is 2.29. The second kappa shape index (κ2) is 10.4. The highest BCUT2D eigenvalue weighted by molar-refractivity contribution is 6.39. The van der Waals surface area contributed by atoms with Gasteiger partial charge in [0.25, 0.3) is 0 Å². The number of hydrogen-bond donors (Lipinski definition) is 0. The molecular formula is C17H14Cl3F2N3O4. The molecule has 1 aromatic carbocycles. The highest BCUT2D eigenvalue weighted by atomic mass is 35.5. The summed E-state index contributed by atoms with van der Waals surface area (Å²) in [5.74, 6) is -1.14. The maximum atomic E-state index is 12.6. The number of alkyl halides is 2. The van der Waals surface area contributed by atoms with Crippen LogP contribution in [0.1, 0.15) is 10.4 Å². The van der Waals surface area contributed by atoms with Crippen LogP contribution in [0.4, 0.5) is 8.78 Å². The van der Waals surface area contributed by atoms with Gasteiger partial charge in [-0.25, -0.2) is 9.48 Å². The van der Waals surface area contributed by atoms with E-state index in [2.05, 4.69) is 21.6 Å². The smallest absolute Gasteiger partial charge is 0.388 e. The van der Waals surface area contributed by atoms with Crippen LogP contribution in [0, 0.1) is 0 Å². The van der Waals surface area contributed by atoms with Crippen LogP contribution in [0.5, 0.6) is 5.88 Å². The van der Waals surface area contributed by atoms with Crippen molar-refractivity contribution < 1.29 is 27.9 Å². The van der Waals surface area contributed by atoms with Crippen molar-refractivity contribution in [1.29, 1.82) is 0 Å². The molecule has 0 saturated carbocycles. The minimum atomic E-state index is -3.10. The maximum Gasteiger partial charge on any atom is 0.388 e. The van der Waals surface area contributed by atoms with Crippen LogP contribution in [-0.4, -0.2) is 41.8 Å². The minimum absolute atomic E-state index is 0.0136. The second-order valence-corrected chi connectivity index (χ2v) is 6.45. The van der Waals surface area contributed by atoms with E-state index < -0.39 is 12.6 Å². The third-order valence-electron chi connectivity index (χ3n) is 3.30. The van der Waals surface area contributed by atoms with Gasteiger partial charge in [0.15, 0.2) is 0 Å². The van der Waals surface area contributed by atoms with E-state index in [-0.39, 0.29) is 51.0 Å². The van der Waals surface area contributed by atoms with Crippen molar-refractivity contribution in [2.75, 3.05) is 13.2 Å². The van der Waals surface area contributed by atoms with Gasteiger partial charge in [-0.05, 0) is 12.1 Å². The van der Waals surface area contributed by atoms with Gasteiger partial charge in [-0.2, -0.15) is 13.9 Å². The molecule has 2 aromatic rings. The van der Waals surface area contributed by atoms with E-state index in [1.807, 2.05) is 0 Å². The lowest BCUT2D eigenvalue weighted by Gasteiger charge is -2.08. The van der Waals surface area contributed by atoms with E-state index in [1.54, 1.807) is 0 Å². The third-order valence-corrected chi connectivity index (χ3v) is 4.27. The average molecular weight is 469 g/mol. The molecule has 0 unspecified atom stereocenters. The molecular weight excluding hydrogens is 455 g/mol. The largest absolute Gasteiger partial charge is 0.456 e. The van der Waals surface area contributed by atoms with Crippen molar-refractivity contribution in [3.8, 4) is 17.1 Å². The van der Waals surface area contributed by atoms with Crippen LogP contribution in [-0.2, 0) is 16.6 Å². The summed E-state index contributed by atoms with van der Waals surface area (Å²) in [7, 11) is 1.36. The van der Waals surface area contributed by atoms with Gasteiger partial charge in [0.2, 0.25) is 5.88 Å². The monoisotopic (exact) mass is 467 g/mol. The third kappa shape index (κ3) is 5.81. The van der Waals surface area contributed by atoms with Gasteiger partial charge in [-0.1, -0.05) is 52.6 Å².